The van der Waals surface area contributed by atoms with E-state index in [0.717, 1.165) is 10.9 Å². The molecule has 0 fully saturated rings. The summed E-state index contributed by atoms with van der Waals surface area (Å²) >= 11 is 0. The van der Waals surface area contributed by atoms with E-state index in [4.69, 9.17) is 14.6 Å². The highest BCUT2D eigenvalue weighted by Crippen LogP contribution is 2.30. The van der Waals surface area contributed by atoms with Crippen LogP contribution >= 0.6 is 0 Å². The second kappa shape index (κ2) is 15.2. The number of fused-ring (bicyclic) bond motifs is 1. The van der Waals surface area contributed by atoms with Crippen LogP contribution in [0.5, 0.6) is 5.75 Å². The Morgan fingerprint density at radius 1 is 0.980 bits per heavy atom. The molecule has 0 bridgehead atoms. The predicted molar refractivity (Wildman–Crippen MR) is 197 cm³/mol. The first-order valence-corrected chi connectivity index (χ1v) is 16.8. The van der Waals surface area contributed by atoms with Gasteiger partial charge in [-0.2, -0.15) is 14.9 Å². The van der Waals surface area contributed by atoms with E-state index >= 15 is 0 Å². The predicted octanol–water partition coefficient (Wildman–Crippen LogP) is 4.78. The number of ether oxygens (including phenoxy) is 2. The first kappa shape index (κ1) is 36.9. The number of anilines is 2. The molecule has 3 heterocycles. The highest BCUT2D eigenvalue weighted by Gasteiger charge is 2.22. The number of hydrogen-bond acceptors (Lipinski definition) is 11. The minimum Gasteiger partial charge on any atom is -0.485 e. The zero-order chi connectivity index (χ0) is 36.9. The van der Waals surface area contributed by atoms with Crippen LogP contribution in [0.1, 0.15) is 59.1 Å². The summed E-state index contributed by atoms with van der Waals surface area (Å²) in [5.74, 6) is 0.461. The monoisotopic (exact) mass is 695 g/mol. The van der Waals surface area contributed by atoms with Crippen molar-refractivity contribution in [3.05, 3.63) is 98.8 Å². The van der Waals surface area contributed by atoms with Gasteiger partial charge in [0, 0.05) is 43.6 Å². The Balaban J connectivity index is 1.49. The third-order valence-electron chi connectivity index (χ3n) is 8.25. The van der Waals surface area contributed by atoms with Crippen LogP contribution in [0.2, 0.25) is 0 Å². The number of carbonyl (C=O) groups excluding carboxylic acids is 1. The third kappa shape index (κ3) is 8.86. The molecule has 0 amide bonds. The molecule has 0 spiro atoms. The van der Waals surface area contributed by atoms with Crippen LogP contribution in [-0.4, -0.2) is 60.9 Å². The van der Waals surface area contributed by atoms with Crippen LogP contribution in [0.15, 0.2) is 76.6 Å². The number of aliphatic hydroxyl groups excluding tert-OH is 1. The third-order valence-corrected chi connectivity index (χ3v) is 8.25. The highest BCUT2D eigenvalue weighted by atomic mass is 16.5. The number of nitrogens with one attached hydrogen (secondary N) is 2. The van der Waals surface area contributed by atoms with Crippen molar-refractivity contribution in [3.63, 3.8) is 0 Å². The molecule has 5 aromatic rings. The van der Waals surface area contributed by atoms with Crippen molar-refractivity contribution in [1.29, 1.82) is 0 Å². The van der Waals surface area contributed by atoms with Gasteiger partial charge in [-0.15, -0.1) is 0 Å². The van der Waals surface area contributed by atoms with E-state index < -0.39 is 17.1 Å². The smallest absolute Gasteiger partial charge is 0.302 e. The number of esters is 1. The Hall–Kier alpha value is -5.40. The van der Waals surface area contributed by atoms with Gasteiger partial charge in [0.25, 0.3) is 11.1 Å². The van der Waals surface area contributed by atoms with Gasteiger partial charge in [0.15, 0.2) is 0 Å². The summed E-state index contributed by atoms with van der Waals surface area (Å²) < 4.78 is 14.1. The van der Waals surface area contributed by atoms with Crippen molar-refractivity contribution >= 4 is 28.2 Å². The minimum atomic E-state index is -0.524. The molecule has 13 heteroatoms. The Morgan fingerprint density at radius 2 is 1.76 bits per heavy atom. The molecule has 0 unspecified atom stereocenters. The van der Waals surface area contributed by atoms with Crippen LogP contribution < -0.4 is 26.5 Å². The maximum Gasteiger partial charge on any atom is 0.302 e. The molecule has 0 saturated heterocycles. The van der Waals surface area contributed by atoms with E-state index in [1.54, 1.807) is 48.8 Å². The average Bonchev–Trinajstić information content (AvgIpc) is 3.08. The lowest BCUT2D eigenvalue weighted by Gasteiger charge is -2.26. The topological polar surface area (TPSA) is 162 Å². The van der Waals surface area contributed by atoms with Crippen molar-refractivity contribution in [2.75, 3.05) is 25.0 Å². The lowest BCUT2D eigenvalue weighted by molar-refractivity contribution is -0.142. The van der Waals surface area contributed by atoms with Crippen molar-refractivity contribution in [2.45, 2.75) is 65.6 Å². The molecule has 3 aromatic heterocycles. The maximum absolute atomic E-state index is 13.8. The van der Waals surface area contributed by atoms with Crippen LogP contribution in [0.3, 0.4) is 0 Å². The minimum absolute atomic E-state index is 0.102. The Bertz CT molecular complexity index is 2150. The molecule has 13 nitrogen and oxygen atoms in total. The standard InChI is InChI=1S/C38H45N7O6/c1-24(47)50-22-30-29(10-8-11-33(30)45-35(48)28-14-12-26(37(2,3)4)18-25(28)20-41-45)31-19-32(36(49)44(7)43-31)42-34-15-13-27(21-40-34)51-38(5,6)23-39-16-9-17-46/h8,10-15,18-21,39,46H,9,16-17,22-23H2,1-7H3,(H,40,42). The van der Waals surface area contributed by atoms with Gasteiger partial charge >= 0.3 is 5.97 Å². The first-order valence-electron chi connectivity index (χ1n) is 16.8. The van der Waals surface area contributed by atoms with E-state index in [2.05, 4.69) is 46.6 Å². The van der Waals surface area contributed by atoms with E-state index in [0.29, 0.717) is 59.0 Å². The fourth-order valence-corrected chi connectivity index (χ4v) is 5.56. The van der Waals surface area contributed by atoms with Gasteiger partial charge < -0.3 is 25.2 Å². The van der Waals surface area contributed by atoms with Gasteiger partial charge in [-0.25, -0.2) is 9.67 Å². The lowest BCUT2D eigenvalue weighted by Crippen LogP contribution is -2.40. The van der Waals surface area contributed by atoms with Crippen molar-refractivity contribution in [2.24, 2.45) is 7.05 Å². The van der Waals surface area contributed by atoms with Crippen molar-refractivity contribution in [1.82, 2.24) is 29.9 Å². The average molecular weight is 696 g/mol. The van der Waals surface area contributed by atoms with Crippen LogP contribution in [0, 0.1) is 0 Å². The number of pyridine rings is 1. The molecule has 2 aromatic carbocycles. The molecule has 0 aliphatic heterocycles. The molecule has 51 heavy (non-hydrogen) atoms. The Morgan fingerprint density at radius 3 is 2.45 bits per heavy atom. The SMILES string of the molecule is CC(=O)OCc1c(-c2cc(Nc3ccc(OC(C)(C)CNCCCO)cn3)c(=O)n(C)n2)cccc1-n1ncc2cc(C(C)(C)C)ccc2c1=O. The van der Waals surface area contributed by atoms with Crippen LogP contribution in [0.4, 0.5) is 11.5 Å². The number of benzene rings is 2. The number of aryl methyl sites for hydroxylation is 1. The summed E-state index contributed by atoms with van der Waals surface area (Å²) in [4.78, 5) is 43.5. The zero-order valence-electron chi connectivity index (χ0n) is 30.1. The molecule has 0 aliphatic rings. The number of aliphatic hydroxyl groups is 1. The summed E-state index contributed by atoms with van der Waals surface area (Å²) in [5, 5.41) is 25.6. The first-order chi connectivity index (χ1) is 24.2. The van der Waals surface area contributed by atoms with Crippen LogP contribution in [0.25, 0.3) is 27.7 Å². The van der Waals surface area contributed by atoms with Gasteiger partial charge in [0.1, 0.15) is 29.5 Å². The zero-order valence-corrected chi connectivity index (χ0v) is 30.1. The molecule has 0 aliphatic carbocycles. The van der Waals surface area contributed by atoms with E-state index in [1.165, 1.54) is 23.3 Å². The lowest BCUT2D eigenvalue weighted by atomic mass is 9.86. The molecule has 3 N–H and O–H groups in total. The molecule has 0 saturated carbocycles. The Labute approximate surface area is 296 Å². The summed E-state index contributed by atoms with van der Waals surface area (Å²) in [6.07, 6.45) is 3.89. The second-order valence-corrected chi connectivity index (χ2v) is 14.0. The molecule has 0 atom stereocenters. The molecular formula is C38H45N7O6. The summed E-state index contributed by atoms with van der Waals surface area (Å²) in [5.41, 5.74) is 1.76. The second-order valence-electron chi connectivity index (χ2n) is 14.0. The van der Waals surface area contributed by atoms with Crippen molar-refractivity contribution < 1.29 is 19.4 Å². The largest absolute Gasteiger partial charge is 0.485 e. The summed E-state index contributed by atoms with van der Waals surface area (Å²) in [7, 11) is 1.54. The number of rotatable bonds is 13. The van der Waals surface area contributed by atoms with Gasteiger partial charge in [-0.3, -0.25) is 14.4 Å². The molecular weight excluding hydrogens is 650 g/mol. The van der Waals surface area contributed by atoms with E-state index in [9.17, 15) is 14.4 Å². The quantitative estimate of drug-likeness (QED) is 0.115. The van der Waals surface area contributed by atoms with Gasteiger partial charge in [-0.1, -0.05) is 39.0 Å². The number of nitrogens with zero attached hydrogens (tertiary/aromatic N) is 5. The van der Waals surface area contributed by atoms with Gasteiger partial charge in [-0.05, 0) is 74.2 Å². The number of carbonyl (C=O) groups is 1. The maximum atomic E-state index is 13.8. The van der Waals surface area contributed by atoms with Crippen molar-refractivity contribution in [3.8, 4) is 22.7 Å². The van der Waals surface area contributed by atoms with E-state index in [1.807, 2.05) is 32.0 Å². The highest BCUT2D eigenvalue weighted by molar-refractivity contribution is 5.82. The molecule has 5 rings (SSSR count). The summed E-state index contributed by atoms with van der Waals surface area (Å²) in [6, 6.07) is 16.1. The Kier molecular flexibility index (Phi) is 11.0. The molecule has 0 radical (unpaired) electrons. The summed E-state index contributed by atoms with van der Waals surface area (Å²) in [6.45, 7) is 12.7. The van der Waals surface area contributed by atoms with Gasteiger partial charge in [0.2, 0.25) is 0 Å². The normalized spacial score (nSPS) is 11.8. The van der Waals surface area contributed by atoms with Crippen LogP contribution in [-0.2, 0) is 28.6 Å². The fraction of sp³-hybridized carbons (Fsp3) is 0.368. The fourth-order valence-electron chi connectivity index (χ4n) is 5.56. The molecule has 268 valence electrons. The number of hydrogen-bond donors (Lipinski definition) is 3. The van der Waals surface area contributed by atoms with E-state index in [-0.39, 0.29) is 29.9 Å². The number of aromatic nitrogens is 5. The van der Waals surface area contributed by atoms with Gasteiger partial charge in [0.05, 0.1) is 29.2 Å².